The molecule has 7 heteroatoms. The van der Waals surface area contributed by atoms with Crippen molar-refractivity contribution in [2.75, 3.05) is 17.2 Å². The number of nitrogens with one attached hydrogen (secondary N) is 2. The van der Waals surface area contributed by atoms with E-state index in [0.717, 1.165) is 0 Å². The average Bonchev–Trinajstić information content (AvgIpc) is 2.42. The molecule has 0 aliphatic heterocycles. The average molecular weight is 278 g/mol. The van der Waals surface area contributed by atoms with Crippen molar-refractivity contribution in [3.05, 3.63) is 41.6 Å². The fourth-order valence-corrected chi connectivity index (χ4v) is 1.66. The summed E-state index contributed by atoms with van der Waals surface area (Å²) in [5.74, 6) is 0.246. The zero-order valence-corrected chi connectivity index (χ0v) is 11.0. The van der Waals surface area contributed by atoms with Crippen LogP contribution < -0.4 is 10.6 Å². The second-order valence-electron chi connectivity index (χ2n) is 3.67. The summed E-state index contributed by atoms with van der Waals surface area (Å²) >= 11 is 6.03. The molecular weight excluding hydrogens is 266 g/mol. The number of nitrogens with zero attached hydrogens (tertiary/aromatic N) is 3. The van der Waals surface area contributed by atoms with Crippen molar-refractivity contribution in [2.24, 2.45) is 0 Å². The van der Waals surface area contributed by atoms with Crippen molar-refractivity contribution in [3.63, 3.8) is 0 Å². The third kappa shape index (κ3) is 3.38. The molecule has 0 saturated heterocycles. The zero-order chi connectivity index (χ0) is 13.7. The summed E-state index contributed by atoms with van der Waals surface area (Å²) in [6, 6.07) is 1.56. The van der Waals surface area contributed by atoms with Crippen LogP contribution in [0.25, 0.3) is 0 Å². The third-order valence-electron chi connectivity index (χ3n) is 2.27. The van der Waals surface area contributed by atoms with Gasteiger partial charge >= 0.3 is 0 Å². The number of hydrogen-bond acceptors (Lipinski definition) is 5. The van der Waals surface area contributed by atoms with Gasteiger partial charge in [0.05, 0.1) is 28.7 Å². The predicted molar refractivity (Wildman–Crippen MR) is 73.4 cm³/mol. The summed E-state index contributed by atoms with van der Waals surface area (Å²) in [7, 11) is 0. The van der Waals surface area contributed by atoms with Crippen LogP contribution in [-0.2, 0) is 0 Å². The van der Waals surface area contributed by atoms with Crippen molar-refractivity contribution in [1.29, 1.82) is 0 Å². The molecule has 0 aromatic carbocycles. The van der Waals surface area contributed by atoms with E-state index in [1.54, 1.807) is 6.07 Å². The van der Waals surface area contributed by atoms with E-state index >= 15 is 0 Å². The van der Waals surface area contributed by atoms with Crippen molar-refractivity contribution >= 4 is 29.0 Å². The second kappa shape index (κ2) is 6.10. The van der Waals surface area contributed by atoms with Crippen molar-refractivity contribution in [1.82, 2.24) is 15.0 Å². The van der Waals surface area contributed by atoms with Gasteiger partial charge < -0.3 is 10.6 Å². The van der Waals surface area contributed by atoms with Gasteiger partial charge in [0.2, 0.25) is 0 Å². The van der Waals surface area contributed by atoms with Crippen LogP contribution in [0.3, 0.4) is 0 Å². The minimum absolute atomic E-state index is 0.313. The standard InChI is InChI=1S/C12H12ClN5O/c1-2-16-11-10(13)3-8(4-17-11)12(19)18-9-5-14-7-15-6-9/h3-7H,2H2,1H3,(H,16,17)(H,18,19). The lowest BCUT2D eigenvalue weighted by molar-refractivity contribution is 0.102. The normalized spacial score (nSPS) is 10.0. The molecule has 0 spiro atoms. The minimum atomic E-state index is -0.313. The number of hydrogen-bond donors (Lipinski definition) is 2. The Morgan fingerprint density at radius 2 is 2.05 bits per heavy atom. The number of rotatable bonds is 4. The molecule has 2 aromatic rings. The van der Waals surface area contributed by atoms with Gasteiger partial charge in [-0.15, -0.1) is 0 Å². The van der Waals surface area contributed by atoms with Crippen LogP contribution in [0.1, 0.15) is 17.3 Å². The minimum Gasteiger partial charge on any atom is -0.369 e. The summed E-state index contributed by atoms with van der Waals surface area (Å²) in [6.07, 6.45) is 5.86. The summed E-state index contributed by atoms with van der Waals surface area (Å²) in [5, 5.41) is 6.05. The van der Waals surface area contributed by atoms with E-state index < -0.39 is 0 Å². The van der Waals surface area contributed by atoms with Gasteiger partial charge in [-0.3, -0.25) is 4.79 Å². The SMILES string of the molecule is CCNc1ncc(C(=O)Nc2cncnc2)cc1Cl. The molecule has 0 fully saturated rings. The fourth-order valence-electron chi connectivity index (χ4n) is 1.43. The molecule has 19 heavy (non-hydrogen) atoms. The molecule has 2 heterocycles. The van der Waals surface area contributed by atoms with Crippen molar-refractivity contribution in [3.8, 4) is 0 Å². The van der Waals surface area contributed by atoms with Crippen LogP contribution in [0.5, 0.6) is 0 Å². The van der Waals surface area contributed by atoms with Gasteiger partial charge in [-0.1, -0.05) is 11.6 Å². The number of amides is 1. The molecule has 0 atom stereocenters. The van der Waals surface area contributed by atoms with Gasteiger partial charge in [-0.2, -0.15) is 0 Å². The first kappa shape index (κ1) is 13.2. The maximum atomic E-state index is 11.9. The molecule has 0 bridgehead atoms. The second-order valence-corrected chi connectivity index (χ2v) is 4.07. The smallest absolute Gasteiger partial charge is 0.257 e. The largest absolute Gasteiger partial charge is 0.369 e. The number of carbonyl (C=O) groups is 1. The highest BCUT2D eigenvalue weighted by Gasteiger charge is 2.10. The molecule has 1 amide bonds. The summed E-state index contributed by atoms with van der Waals surface area (Å²) < 4.78 is 0. The maximum Gasteiger partial charge on any atom is 0.257 e. The van der Waals surface area contributed by atoms with Crippen LogP contribution in [0.4, 0.5) is 11.5 Å². The van der Waals surface area contributed by atoms with Crippen LogP contribution in [0.15, 0.2) is 31.0 Å². The lowest BCUT2D eigenvalue weighted by Gasteiger charge is -2.07. The van der Waals surface area contributed by atoms with Gasteiger partial charge in [-0.25, -0.2) is 15.0 Å². The quantitative estimate of drug-likeness (QED) is 0.896. The Morgan fingerprint density at radius 1 is 1.32 bits per heavy atom. The van der Waals surface area contributed by atoms with E-state index in [-0.39, 0.29) is 5.91 Å². The van der Waals surface area contributed by atoms with Crippen LogP contribution in [0.2, 0.25) is 5.02 Å². The molecule has 6 nitrogen and oxygen atoms in total. The Morgan fingerprint density at radius 3 is 2.68 bits per heavy atom. The summed E-state index contributed by atoms with van der Waals surface area (Å²) in [5.41, 5.74) is 0.884. The third-order valence-corrected chi connectivity index (χ3v) is 2.55. The molecule has 0 aliphatic carbocycles. The topological polar surface area (TPSA) is 79.8 Å². The lowest BCUT2D eigenvalue weighted by atomic mass is 10.2. The fraction of sp³-hybridized carbons (Fsp3) is 0.167. The van der Waals surface area contributed by atoms with E-state index in [2.05, 4.69) is 25.6 Å². The van der Waals surface area contributed by atoms with E-state index in [4.69, 9.17) is 11.6 Å². The van der Waals surface area contributed by atoms with Gasteiger partial charge in [0.25, 0.3) is 5.91 Å². The Bertz CT molecular complexity index is 576. The first-order chi connectivity index (χ1) is 9.20. The molecule has 0 unspecified atom stereocenters. The first-order valence-electron chi connectivity index (χ1n) is 5.66. The Balaban J connectivity index is 2.14. The van der Waals surface area contributed by atoms with Crippen molar-refractivity contribution < 1.29 is 4.79 Å². The highest BCUT2D eigenvalue weighted by Crippen LogP contribution is 2.20. The molecular formula is C12H12ClN5O. The molecule has 0 saturated carbocycles. The lowest BCUT2D eigenvalue weighted by Crippen LogP contribution is -2.13. The van der Waals surface area contributed by atoms with E-state index in [0.29, 0.717) is 28.6 Å². The first-order valence-corrected chi connectivity index (χ1v) is 6.04. The van der Waals surface area contributed by atoms with E-state index in [1.807, 2.05) is 6.92 Å². The molecule has 2 rings (SSSR count). The van der Waals surface area contributed by atoms with Gasteiger partial charge in [0.15, 0.2) is 0 Å². The highest BCUT2D eigenvalue weighted by atomic mass is 35.5. The monoisotopic (exact) mass is 277 g/mol. The molecule has 0 radical (unpaired) electrons. The Hall–Kier alpha value is -2.21. The molecule has 2 aromatic heterocycles. The Labute approximate surface area is 115 Å². The number of carbonyl (C=O) groups excluding carboxylic acids is 1. The molecule has 0 aliphatic rings. The highest BCUT2D eigenvalue weighted by molar-refractivity contribution is 6.33. The van der Waals surface area contributed by atoms with Crippen molar-refractivity contribution in [2.45, 2.75) is 6.92 Å². The van der Waals surface area contributed by atoms with Gasteiger partial charge in [0, 0.05) is 12.7 Å². The number of pyridine rings is 1. The van der Waals surface area contributed by atoms with E-state index in [1.165, 1.54) is 24.9 Å². The molecule has 98 valence electrons. The zero-order valence-electron chi connectivity index (χ0n) is 10.2. The molecule has 2 N–H and O–H groups in total. The number of aromatic nitrogens is 3. The van der Waals surface area contributed by atoms with E-state index in [9.17, 15) is 4.79 Å². The number of halogens is 1. The number of anilines is 2. The summed E-state index contributed by atoms with van der Waals surface area (Å²) in [6.45, 7) is 2.65. The maximum absolute atomic E-state index is 11.9. The van der Waals surface area contributed by atoms with Gasteiger partial charge in [0.1, 0.15) is 12.1 Å². The van der Waals surface area contributed by atoms with Gasteiger partial charge in [-0.05, 0) is 13.0 Å². The predicted octanol–water partition coefficient (Wildman–Crippen LogP) is 2.21. The Kier molecular flexibility index (Phi) is 4.25. The van der Waals surface area contributed by atoms with Crippen LogP contribution in [0, 0.1) is 0 Å². The summed E-state index contributed by atoms with van der Waals surface area (Å²) in [4.78, 5) is 23.7. The van der Waals surface area contributed by atoms with Crippen LogP contribution in [-0.4, -0.2) is 27.4 Å². The van der Waals surface area contributed by atoms with Crippen LogP contribution >= 0.6 is 11.6 Å².